The lowest BCUT2D eigenvalue weighted by molar-refractivity contribution is 0.648. The van der Waals surface area contributed by atoms with E-state index < -0.39 is 0 Å². The Morgan fingerprint density at radius 3 is 2.48 bits per heavy atom. The molecule has 25 heavy (non-hydrogen) atoms. The Kier molecular flexibility index (Phi) is 4.65. The van der Waals surface area contributed by atoms with Gasteiger partial charge in [0.2, 0.25) is 5.95 Å². The Balaban J connectivity index is 1.35. The quantitative estimate of drug-likeness (QED) is 0.742. The fraction of sp³-hybridized carbons (Fsp3) is 0.333. The van der Waals surface area contributed by atoms with Crippen LogP contribution in [-0.4, -0.2) is 37.8 Å². The highest BCUT2D eigenvalue weighted by Crippen LogP contribution is 2.15. The predicted molar refractivity (Wildman–Crippen MR) is 95.4 cm³/mol. The summed E-state index contributed by atoms with van der Waals surface area (Å²) in [5.74, 6) is 1.71. The Morgan fingerprint density at radius 1 is 0.960 bits per heavy atom. The van der Waals surface area contributed by atoms with E-state index in [-0.39, 0.29) is 0 Å². The molecule has 1 aliphatic rings. The number of hydrogen-bond donors (Lipinski definition) is 1. The molecule has 1 fully saturated rings. The van der Waals surface area contributed by atoms with Gasteiger partial charge in [0.25, 0.3) is 0 Å². The summed E-state index contributed by atoms with van der Waals surface area (Å²) in [6.07, 6.45) is 8.00. The van der Waals surface area contributed by atoms with Gasteiger partial charge in [0.15, 0.2) is 5.82 Å². The zero-order chi connectivity index (χ0) is 16.9. The first-order valence-electron chi connectivity index (χ1n) is 8.61. The molecular formula is C18H21N7. The van der Waals surface area contributed by atoms with Crippen molar-refractivity contribution >= 4 is 5.95 Å². The normalized spacial score (nSPS) is 14.2. The summed E-state index contributed by atoms with van der Waals surface area (Å²) in [5.41, 5.74) is 2.12. The summed E-state index contributed by atoms with van der Waals surface area (Å²) in [6.45, 7) is 3.45. The van der Waals surface area contributed by atoms with Crippen LogP contribution in [0.5, 0.6) is 0 Å². The summed E-state index contributed by atoms with van der Waals surface area (Å²) in [4.78, 5) is 11.2. The van der Waals surface area contributed by atoms with Gasteiger partial charge in [-0.25, -0.2) is 9.97 Å². The van der Waals surface area contributed by atoms with Crippen LogP contribution < -0.4 is 10.2 Å². The SMILES string of the molecule is c1ccc(-n2cnnc2CNCc2cnc(N3CCCC3)nc2)cc1. The van der Waals surface area contributed by atoms with Gasteiger partial charge in [-0.1, -0.05) is 18.2 Å². The number of nitrogens with one attached hydrogen (secondary N) is 1. The number of anilines is 1. The van der Waals surface area contributed by atoms with Crippen LogP contribution in [-0.2, 0) is 13.1 Å². The highest BCUT2D eigenvalue weighted by atomic mass is 15.3. The van der Waals surface area contributed by atoms with Gasteiger partial charge in [-0.2, -0.15) is 0 Å². The van der Waals surface area contributed by atoms with Crippen molar-refractivity contribution in [2.75, 3.05) is 18.0 Å². The second-order valence-corrected chi connectivity index (χ2v) is 6.14. The van der Waals surface area contributed by atoms with Crippen molar-refractivity contribution in [1.82, 2.24) is 30.0 Å². The van der Waals surface area contributed by atoms with E-state index in [4.69, 9.17) is 0 Å². The Bertz CT molecular complexity index is 792. The number of rotatable bonds is 6. The van der Waals surface area contributed by atoms with Gasteiger partial charge < -0.3 is 10.2 Å². The highest BCUT2D eigenvalue weighted by molar-refractivity contribution is 5.32. The lowest BCUT2D eigenvalue weighted by atomic mass is 10.3. The third-order valence-electron chi connectivity index (χ3n) is 4.35. The van der Waals surface area contributed by atoms with E-state index in [1.165, 1.54) is 12.8 Å². The van der Waals surface area contributed by atoms with Crippen molar-refractivity contribution in [3.05, 3.63) is 60.4 Å². The molecular weight excluding hydrogens is 314 g/mol. The molecule has 0 spiro atoms. The van der Waals surface area contributed by atoms with E-state index >= 15 is 0 Å². The molecule has 1 aliphatic heterocycles. The van der Waals surface area contributed by atoms with Crippen molar-refractivity contribution in [2.24, 2.45) is 0 Å². The molecule has 1 aromatic carbocycles. The maximum absolute atomic E-state index is 4.48. The minimum Gasteiger partial charge on any atom is -0.341 e. The summed E-state index contributed by atoms with van der Waals surface area (Å²) < 4.78 is 1.99. The smallest absolute Gasteiger partial charge is 0.225 e. The first kappa shape index (κ1) is 15.7. The molecule has 0 atom stereocenters. The predicted octanol–water partition coefficient (Wildman–Crippen LogP) is 1.95. The first-order chi connectivity index (χ1) is 12.4. The standard InChI is InChI=1S/C18H21N7/c1-2-6-16(7-3-1)25-14-22-23-17(25)13-19-10-15-11-20-18(21-12-15)24-8-4-5-9-24/h1-3,6-7,11-12,14,19H,4-5,8-10,13H2. The molecule has 2 aromatic heterocycles. The highest BCUT2D eigenvalue weighted by Gasteiger charge is 2.14. The van der Waals surface area contributed by atoms with E-state index in [9.17, 15) is 0 Å². The minimum absolute atomic E-state index is 0.628. The van der Waals surface area contributed by atoms with E-state index in [1.807, 2.05) is 47.3 Å². The van der Waals surface area contributed by atoms with E-state index in [0.29, 0.717) is 13.1 Å². The van der Waals surface area contributed by atoms with Crippen LogP contribution in [0.3, 0.4) is 0 Å². The van der Waals surface area contributed by atoms with Crippen LogP contribution in [0.1, 0.15) is 24.2 Å². The molecule has 0 unspecified atom stereocenters. The summed E-state index contributed by atoms with van der Waals surface area (Å²) >= 11 is 0. The van der Waals surface area contributed by atoms with Crippen molar-refractivity contribution in [3.63, 3.8) is 0 Å². The molecule has 0 bridgehead atoms. The molecule has 1 saturated heterocycles. The van der Waals surface area contributed by atoms with Crippen LogP contribution in [0.4, 0.5) is 5.95 Å². The third-order valence-corrected chi connectivity index (χ3v) is 4.35. The molecule has 3 heterocycles. The fourth-order valence-electron chi connectivity index (χ4n) is 3.02. The third kappa shape index (κ3) is 3.66. The summed E-state index contributed by atoms with van der Waals surface area (Å²) in [7, 11) is 0. The fourth-order valence-corrected chi connectivity index (χ4v) is 3.02. The van der Waals surface area contributed by atoms with Crippen LogP contribution in [0.25, 0.3) is 5.69 Å². The van der Waals surface area contributed by atoms with Gasteiger partial charge >= 0.3 is 0 Å². The lowest BCUT2D eigenvalue weighted by Crippen LogP contribution is -2.21. The number of aromatic nitrogens is 5. The second-order valence-electron chi connectivity index (χ2n) is 6.14. The number of hydrogen-bond acceptors (Lipinski definition) is 6. The summed E-state index contributed by atoms with van der Waals surface area (Å²) in [5, 5.41) is 11.6. The van der Waals surface area contributed by atoms with Crippen LogP contribution in [0.2, 0.25) is 0 Å². The average molecular weight is 335 g/mol. The zero-order valence-corrected chi connectivity index (χ0v) is 14.0. The second kappa shape index (κ2) is 7.40. The van der Waals surface area contributed by atoms with Crippen LogP contribution in [0, 0.1) is 0 Å². The van der Waals surface area contributed by atoms with E-state index in [2.05, 4.69) is 30.4 Å². The van der Waals surface area contributed by atoms with Gasteiger partial charge in [-0.05, 0) is 25.0 Å². The van der Waals surface area contributed by atoms with Crippen molar-refractivity contribution in [1.29, 1.82) is 0 Å². The zero-order valence-electron chi connectivity index (χ0n) is 14.0. The lowest BCUT2D eigenvalue weighted by Gasteiger charge is -2.14. The monoisotopic (exact) mass is 335 g/mol. The van der Waals surface area contributed by atoms with Crippen LogP contribution >= 0.6 is 0 Å². The molecule has 4 rings (SSSR count). The first-order valence-corrected chi connectivity index (χ1v) is 8.61. The van der Waals surface area contributed by atoms with Crippen LogP contribution in [0.15, 0.2) is 49.1 Å². The topological polar surface area (TPSA) is 71.8 Å². The molecule has 0 saturated carbocycles. The Hall–Kier alpha value is -2.80. The van der Waals surface area contributed by atoms with Crippen molar-refractivity contribution in [3.8, 4) is 5.69 Å². The molecule has 7 nitrogen and oxygen atoms in total. The van der Waals surface area contributed by atoms with Gasteiger partial charge in [0.1, 0.15) is 6.33 Å². The van der Waals surface area contributed by atoms with Gasteiger partial charge in [-0.3, -0.25) is 4.57 Å². The number of nitrogens with zero attached hydrogens (tertiary/aromatic N) is 6. The largest absolute Gasteiger partial charge is 0.341 e. The van der Waals surface area contributed by atoms with Crippen molar-refractivity contribution < 1.29 is 0 Å². The molecule has 1 N–H and O–H groups in total. The summed E-state index contributed by atoms with van der Waals surface area (Å²) in [6, 6.07) is 10.1. The molecule has 0 amide bonds. The Labute approximate surface area is 146 Å². The molecule has 7 heteroatoms. The molecule has 0 radical (unpaired) electrons. The number of benzene rings is 1. The molecule has 3 aromatic rings. The van der Waals surface area contributed by atoms with Crippen molar-refractivity contribution in [2.45, 2.75) is 25.9 Å². The maximum atomic E-state index is 4.48. The molecule has 128 valence electrons. The van der Waals surface area contributed by atoms with Gasteiger partial charge in [-0.15, -0.1) is 10.2 Å². The minimum atomic E-state index is 0.628. The Morgan fingerprint density at radius 2 is 1.72 bits per heavy atom. The van der Waals surface area contributed by atoms with Gasteiger partial charge in [0, 0.05) is 43.3 Å². The average Bonchev–Trinajstić information content (AvgIpc) is 3.35. The molecule has 0 aliphatic carbocycles. The number of para-hydroxylation sites is 1. The maximum Gasteiger partial charge on any atom is 0.225 e. The van der Waals surface area contributed by atoms with E-state index in [1.54, 1.807) is 6.33 Å². The van der Waals surface area contributed by atoms with Gasteiger partial charge in [0.05, 0.1) is 6.54 Å². The van der Waals surface area contributed by atoms with E-state index in [0.717, 1.165) is 36.1 Å².